The number of anilines is 1. The summed E-state index contributed by atoms with van der Waals surface area (Å²) in [7, 11) is 0. The number of ether oxygens (including phenoxy) is 1. The van der Waals surface area contributed by atoms with E-state index in [0.717, 1.165) is 11.1 Å². The van der Waals surface area contributed by atoms with Gasteiger partial charge < -0.3 is 10.5 Å². The molecule has 96 valence electrons. The Hall–Kier alpha value is -1.95. The van der Waals surface area contributed by atoms with Crippen molar-refractivity contribution in [3.05, 3.63) is 23.8 Å². The lowest BCUT2D eigenvalue weighted by Gasteiger charge is -2.07. The molecule has 1 heterocycles. The molecule has 0 atom stereocenters. The van der Waals surface area contributed by atoms with E-state index in [0.29, 0.717) is 31.3 Å². The summed E-state index contributed by atoms with van der Waals surface area (Å²) in [6, 6.07) is 5.82. The summed E-state index contributed by atoms with van der Waals surface area (Å²) in [5, 5.41) is 11.7. The number of nitrogen functional groups attached to an aromatic ring is 1. The molecular weight excluding hydrogens is 230 g/mol. The van der Waals surface area contributed by atoms with E-state index in [4.69, 9.17) is 10.5 Å². The molecule has 18 heavy (non-hydrogen) atoms. The fraction of sp³-hybridized carbons (Fsp3) is 0.417. The minimum atomic E-state index is 0.584. The molecule has 0 spiro atoms. The Morgan fingerprint density at radius 2 is 2.22 bits per heavy atom. The molecule has 0 saturated heterocycles. The maximum Gasteiger partial charge on any atom is 0.184 e. The fourth-order valence-corrected chi connectivity index (χ4v) is 1.71. The van der Waals surface area contributed by atoms with Gasteiger partial charge in [0.15, 0.2) is 5.82 Å². The molecule has 0 aliphatic rings. The first kappa shape index (κ1) is 12.5. The van der Waals surface area contributed by atoms with Crippen LogP contribution >= 0.6 is 0 Å². The number of nitrogens with zero attached hydrogens (tertiary/aromatic N) is 4. The highest BCUT2D eigenvalue weighted by atomic mass is 16.5. The maximum atomic E-state index is 5.96. The van der Waals surface area contributed by atoms with E-state index in [1.165, 1.54) is 0 Å². The molecule has 2 N–H and O–H groups in total. The van der Waals surface area contributed by atoms with Crippen LogP contribution in [0, 0.1) is 6.92 Å². The molecule has 0 unspecified atom stereocenters. The van der Waals surface area contributed by atoms with Gasteiger partial charge in [0.05, 0.1) is 13.2 Å². The van der Waals surface area contributed by atoms with E-state index in [1.807, 2.05) is 32.0 Å². The summed E-state index contributed by atoms with van der Waals surface area (Å²) in [4.78, 5) is 0. The molecule has 2 rings (SSSR count). The highest BCUT2D eigenvalue weighted by molar-refractivity contribution is 5.71. The molecule has 0 aliphatic carbocycles. The Bertz CT molecular complexity index is 523. The second-order valence-corrected chi connectivity index (χ2v) is 4.01. The smallest absolute Gasteiger partial charge is 0.184 e. The van der Waals surface area contributed by atoms with Crippen LogP contribution in [-0.4, -0.2) is 33.4 Å². The molecule has 1 aromatic carbocycles. The number of aryl methyl sites for hydroxylation is 1. The van der Waals surface area contributed by atoms with E-state index >= 15 is 0 Å². The number of nitrogens with two attached hydrogens (primary N) is 1. The summed E-state index contributed by atoms with van der Waals surface area (Å²) >= 11 is 0. The summed E-state index contributed by atoms with van der Waals surface area (Å²) in [5.74, 6) is 0.677. The van der Waals surface area contributed by atoms with Crippen molar-refractivity contribution in [2.24, 2.45) is 0 Å². The highest BCUT2D eigenvalue weighted by Crippen LogP contribution is 2.24. The molecule has 1 aromatic heterocycles. The van der Waals surface area contributed by atoms with Crippen molar-refractivity contribution >= 4 is 5.69 Å². The maximum absolute atomic E-state index is 5.96. The number of aromatic nitrogens is 4. The van der Waals surface area contributed by atoms with Gasteiger partial charge in [-0.1, -0.05) is 11.6 Å². The van der Waals surface area contributed by atoms with Gasteiger partial charge in [0.25, 0.3) is 0 Å². The van der Waals surface area contributed by atoms with E-state index in [2.05, 4.69) is 15.5 Å². The van der Waals surface area contributed by atoms with E-state index in [-0.39, 0.29) is 0 Å². The van der Waals surface area contributed by atoms with Crippen molar-refractivity contribution in [3.8, 4) is 11.4 Å². The number of rotatable bonds is 5. The van der Waals surface area contributed by atoms with Gasteiger partial charge in [0, 0.05) is 17.9 Å². The van der Waals surface area contributed by atoms with Crippen LogP contribution in [0.4, 0.5) is 5.69 Å². The first-order chi connectivity index (χ1) is 8.72. The minimum absolute atomic E-state index is 0.584. The summed E-state index contributed by atoms with van der Waals surface area (Å²) in [6.07, 6.45) is 0. The zero-order valence-corrected chi connectivity index (χ0v) is 10.6. The zero-order valence-electron chi connectivity index (χ0n) is 10.6. The van der Waals surface area contributed by atoms with Gasteiger partial charge in [-0.2, -0.15) is 0 Å². The topological polar surface area (TPSA) is 78.8 Å². The Kier molecular flexibility index (Phi) is 3.88. The van der Waals surface area contributed by atoms with Crippen LogP contribution in [0.25, 0.3) is 11.4 Å². The minimum Gasteiger partial charge on any atom is -0.398 e. The van der Waals surface area contributed by atoms with Crippen LogP contribution < -0.4 is 5.73 Å². The van der Waals surface area contributed by atoms with Crippen molar-refractivity contribution in [1.29, 1.82) is 0 Å². The van der Waals surface area contributed by atoms with Crippen LogP contribution in [-0.2, 0) is 11.3 Å². The molecule has 0 bridgehead atoms. The van der Waals surface area contributed by atoms with Gasteiger partial charge in [-0.25, -0.2) is 4.68 Å². The van der Waals surface area contributed by atoms with E-state index in [9.17, 15) is 0 Å². The molecule has 0 amide bonds. The summed E-state index contributed by atoms with van der Waals surface area (Å²) in [5.41, 5.74) is 8.62. The summed E-state index contributed by atoms with van der Waals surface area (Å²) in [6.45, 7) is 5.85. The lowest BCUT2D eigenvalue weighted by molar-refractivity contribution is 0.136. The van der Waals surface area contributed by atoms with Crippen LogP contribution in [0.5, 0.6) is 0 Å². The van der Waals surface area contributed by atoms with Crippen LogP contribution in [0.3, 0.4) is 0 Å². The first-order valence-corrected chi connectivity index (χ1v) is 5.92. The van der Waals surface area contributed by atoms with Crippen molar-refractivity contribution in [2.75, 3.05) is 18.9 Å². The molecule has 2 aromatic rings. The monoisotopic (exact) mass is 247 g/mol. The zero-order chi connectivity index (χ0) is 13.0. The molecular formula is C12H17N5O. The second-order valence-electron chi connectivity index (χ2n) is 4.01. The van der Waals surface area contributed by atoms with Gasteiger partial charge in [-0.15, -0.1) is 5.10 Å². The number of hydrogen-bond donors (Lipinski definition) is 1. The SMILES string of the molecule is CCOCCn1nnnc1-c1cc(C)ccc1N. The van der Waals surface area contributed by atoms with Crippen LogP contribution in [0.2, 0.25) is 0 Å². The summed E-state index contributed by atoms with van der Waals surface area (Å²) < 4.78 is 7.01. The average Bonchev–Trinajstić information content (AvgIpc) is 2.81. The molecule has 6 heteroatoms. The average molecular weight is 247 g/mol. The number of tetrazole rings is 1. The normalized spacial score (nSPS) is 10.8. The number of benzene rings is 1. The molecule has 0 aliphatic heterocycles. The Balaban J connectivity index is 2.27. The fourth-order valence-electron chi connectivity index (χ4n) is 1.71. The van der Waals surface area contributed by atoms with E-state index in [1.54, 1.807) is 4.68 Å². The molecule has 0 fully saturated rings. The Labute approximate surface area is 106 Å². The quantitative estimate of drug-likeness (QED) is 0.635. The van der Waals surface area contributed by atoms with Gasteiger partial charge in [-0.05, 0) is 36.4 Å². The van der Waals surface area contributed by atoms with Gasteiger partial charge >= 0.3 is 0 Å². The van der Waals surface area contributed by atoms with Crippen LogP contribution in [0.15, 0.2) is 18.2 Å². The Morgan fingerprint density at radius 3 is 3.00 bits per heavy atom. The lowest BCUT2D eigenvalue weighted by Crippen LogP contribution is -2.09. The van der Waals surface area contributed by atoms with Crippen molar-refractivity contribution in [3.63, 3.8) is 0 Å². The molecule has 6 nitrogen and oxygen atoms in total. The third-order valence-electron chi connectivity index (χ3n) is 2.63. The second kappa shape index (κ2) is 5.59. The van der Waals surface area contributed by atoms with Gasteiger partial charge in [0.2, 0.25) is 0 Å². The molecule has 0 saturated carbocycles. The van der Waals surface area contributed by atoms with Crippen molar-refractivity contribution < 1.29 is 4.74 Å². The third kappa shape index (κ3) is 2.65. The predicted octanol–water partition coefficient (Wildman–Crippen LogP) is 1.27. The molecule has 0 radical (unpaired) electrons. The standard InChI is InChI=1S/C12H17N5O/c1-3-18-7-6-17-12(14-15-16-17)10-8-9(2)4-5-11(10)13/h4-5,8H,3,6-7,13H2,1-2H3. The Morgan fingerprint density at radius 1 is 1.39 bits per heavy atom. The highest BCUT2D eigenvalue weighted by Gasteiger charge is 2.11. The van der Waals surface area contributed by atoms with Crippen molar-refractivity contribution in [2.45, 2.75) is 20.4 Å². The lowest BCUT2D eigenvalue weighted by atomic mass is 10.1. The predicted molar refractivity (Wildman–Crippen MR) is 68.9 cm³/mol. The van der Waals surface area contributed by atoms with Gasteiger partial charge in [-0.3, -0.25) is 0 Å². The first-order valence-electron chi connectivity index (χ1n) is 5.92. The van der Waals surface area contributed by atoms with E-state index < -0.39 is 0 Å². The number of hydrogen-bond acceptors (Lipinski definition) is 5. The largest absolute Gasteiger partial charge is 0.398 e. The third-order valence-corrected chi connectivity index (χ3v) is 2.63. The van der Waals surface area contributed by atoms with Gasteiger partial charge in [0.1, 0.15) is 0 Å². The van der Waals surface area contributed by atoms with Crippen LogP contribution in [0.1, 0.15) is 12.5 Å². The van der Waals surface area contributed by atoms with Crippen molar-refractivity contribution in [1.82, 2.24) is 20.2 Å².